The van der Waals surface area contributed by atoms with Gasteiger partial charge in [-0.15, -0.1) is 0 Å². The first-order valence-electron chi connectivity index (χ1n) is 8.71. The number of carbonyl (C=O) groups is 2. The molecule has 28 heavy (non-hydrogen) atoms. The molecule has 3 aromatic carbocycles. The number of ether oxygens (including phenoxy) is 1. The fraction of sp³-hybridized carbons (Fsp3) is 0.0909. The normalized spacial score (nSPS) is 15.6. The van der Waals surface area contributed by atoms with Gasteiger partial charge < -0.3 is 10.1 Å². The molecule has 0 aromatic heterocycles. The highest BCUT2D eigenvalue weighted by molar-refractivity contribution is 6.12. The van der Waals surface area contributed by atoms with Gasteiger partial charge in [-0.25, -0.2) is 9.18 Å². The van der Waals surface area contributed by atoms with Crippen LogP contribution in [0, 0.1) is 5.82 Å². The lowest BCUT2D eigenvalue weighted by molar-refractivity contribution is 0.0600. The molecule has 0 aliphatic carbocycles. The highest BCUT2D eigenvalue weighted by Crippen LogP contribution is 2.36. The molecule has 140 valence electrons. The average Bonchev–Trinajstić information content (AvgIpc) is 2.74. The molecule has 6 heteroatoms. The number of hydrogen-bond donors (Lipinski definition) is 1. The van der Waals surface area contributed by atoms with E-state index in [1.165, 1.54) is 19.2 Å². The van der Waals surface area contributed by atoms with Gasteiger partial charge in [-0.1, -0.05) is 24.3 Å². The zero-order valence-electron chi connectivity index (χ0n) is 15.1. The average molecular weight is 376 g/mol. The molecule has 0 spiro atoms. The number of esters is 1. The van der Waals surface area contributed by atoms with Gasteiger partial charge in [0.2, 0.25) is 0 Å². The molecule has 1 atom stereocenters. The van der Waals surface area contributed by atoms with Crippen LogP contribution in [0.5, 0.6) is 0 Å². The summed E-state index contributed by atoms with van der Waals surface area (Å²) in [5.74, 6) is -0.997. The van der Waals surface area contributed by atoms with Gasteiger partial charge >= 0.3 is 5.97 Å². The van der Waals surface area contributed by atoms with Crippen LogP contribution in [-0.4, -0.2) is 19.0 Å². The maximum Gasteiger partial charge on any atom is 0.337 e. The maximum absolute atomic E-state index is 13.4. The van der Waals surface area contributed by atoms with Crippen molar-refractivity contribution in [1.82, 2.24) is 0 Å². The van der Waals surface area contributed by atoms with Crippen molar-refractivity contribution >= 4 is 23.3 Å². The Bertz CT molecular complexity index is 1030. The van der Waals surface area contributed by atoms with Crippen molar-refractivity contribution in [2.75, 3.05) is 17.3 Å². The molecule has 4 rings (SSSR count). The summed E-state index contributed by atoms with van der Waals surface area (Å²) in [5, 5.41) is 3.36. The molecule has 1 aliphatic rings. The van der Waals surface area contributed by atoms with Crippen LogP contribution in [0.15, 0.2) is 72.8 Å². The van der Waals surface area contributed by atoms with Crippen molar-refractivity contribution < 1.29 is 18.7 Å². The number of halogens is 1. The Balaban J connectivity index is 1.79. The van der Waals surface area contributed by atoms with Gasteiger partial charge in [0.15, 0.2) is 0 Å². The smallest absolute Gasteiger partial charge is 0.337 e. The molecular weight excluding hydrogens is 359 g/mol. The summed E-state index contributed by atoms with van der Waals surface area (Å²) in [6.07, 6.45) is -0.514. The van der Waals surface area contributed by atoms with Crippen molar-refractivity contribution in [3.63, 3.8) is 0 Å². The highest BCUT2D eigenvalue weighted by Gasteiger charge is 2.34. The second kappa shape index (κ2) is 7.15. The third kappa shape index (κ3) is 3.09. The van der Waals surface area contributed by atoms with Crippen LogP contribution in [0.1, 0.15) is 32.4 Å². The first-order valence-corrected chi connectivity index (χ1v) is 8.71. The number of anilines is 2. The summed E-state index contributed by atoms with van der Waals surface area (Å²) in [4.78, 5) is 26.5. The van der Waals surface area contributed by atoms with E-state index in [0.717, 1.165) is 5.56 Å². The molecule has 0 radical (unpaired) electrons. The van der Waals surface area contributed by atoms with E-state index in [2.05, 4.69) is 5.32 Å². The SMILES string of the molecule is COC(=O)c1ccc([C@H]2Nc3ccccc3C(=O)N2c2ccc(F)cc2)cc1. The minimum Gasteiger partial charge on any atom is -0.465 e. The third-order valence-corrected chi connectivity index (χ3v) is 4.68. The number of methoxy groups -OCH3 is 1. The van der Waals surface area contributed by atoms with Gasteiger partial charge in [0.1, 0.15) is 12.0 Å². The summed E-state index contributed by atoms with van der Waals surface area (Å²) in [6.45, 7) is 0. The van der Waals surface area contributed by atoms with E-state index < -0.39 is 12.1 Å². The topological polar surface area (TPSA) is 58.6 Å². The van der Waals surface area contributed by atoms with Crippen LogP contribution in [0.2, 0.25) is 0 Å². The Morgan fingerprint density at radius 2 is 1.68 bits per heavy atom. The molecule has 0 bridgehead atoms. The first kappa shape index (κ1) is 17.7. The number of rotatable bonds is 3. The Morgan fingerprint density at radius 1 is 1.00 bits per heavy atom. The van der Waals surface area contributed by atoms with Crippen LogP contribution in [0.4, 0.5) is 15.8 Å². The molecule has 0 saturated carbocycles. The third-order valence-electron chi connectivity index (χ3n) is 4.68. The van der Waals surface area contributed by atoms with Crippen LogP contribution in [-0.2, 0) is 4.74 Å². The van der Waals surface area contributed by atoms with E-state index in [1.807, 2.05) is 12.1 Å². The Kier molecular flexibility index (Phi) is 4.53. The lowest BCUT2D eigenvalue weighted by Crippen LogP contribution is -2.43. The molecule has 0 saturated heterocycles. The summed E-state index contributed by atoms with van der Waals surface area (Å²) in [5.41, 5.74) is 3.01. The monoisotopic (exact) mass is 376 g/mol. The minimum absolute atomic E-state index is 0.192. The number of para-hydroxylation sites is 1. The molecule has 1 aliphatic heterocycles. The zero-order chi connectivity index (χ0) is 19.7. The molecule has 5 nitrogen and oxygen atoms in total. The summed E-state index contributed by atoms with van der Waals surface area (Å²) in [7, 11) is 1.32. The van der Waals surface area contributed by atoms with Gasteiger partial charge in [-0.2, -0.15) is 0 Å². The number of benzene rings is 3. The van der Waals surface area contributed by atoms with Crippen LogP contribution >= 0.6 is 0 Å². The number of carbonyl (C=O) groups excluding carboxylic acids is 2. The maximum atomic E-state index is 13.4. The molecule has 0 fully saturated rings. The number of nitrogens with zero attached hydrogens (tertiary/aromatic N) is 1. The van der Waals surface area contributed by atoms with Crippen molar-refractivity contribution in [2.45, 2.75) is 6.17 Å². The van der Waals surface area contributed by atoms with Crippen molar-refractivity contribution in [1.29, 1.82) is 0 Å². The second-order valence-corrected chi connectivity index (χ2v) is 6.36. The predicted octanol–water partition coefficient (Wildman–Crippen LogP) is 4.38. The van der Waals surface area contributed by atoms with Crippen LogP contribution < -0.4 is 10.2 Å². The number of amides is 1. The van der Waals surface area contributed by atoms with E-state index >= 15 is 0 Å². The van der Waals surface area contributed by atoms with Crippen LogP contribution in [0.3, 0.4) is 0 Å². The molecule has 3 aromatic rings. The second-order valence-electron chi connectivity index (χ2n) is 6.36. The van der Waals surface area contributed by atoms with E-state index in [-0.39, 0.29) is 11.7 Å². The standard InChI is InChI=1S/C22H17FN2O3/c1-28-22(27)15-8-6-14(7-9-15)20-24-19-5-3-2-4-18(19)21(26)25(20)17-12-10-16(23)11-13-17/h2-13,20,24H,1H3/t20-/m0/s1. The lowest BCUT2D eigenvalue weighted by atomic mass is 10.0. The van der Waals surface area contributed by atoms with Gasteiger partial charge in [-0.3, -0.25) is 9.69 Å². The van der Waals surface area contributed by atoms with Crippen molar-refractivity contribution in [3.05, 3.63) is 95.3 Å². The number of fused-ring (bicyclic) bond motifs is 1. The fourth-order valence-electron chi connectivity index (χ4n) is 3.27. The van der Waals surface area contributed by atoms with E-state index in [9.17, 15) is 14.0 Å². The number of hydrogen-bond acceptors (Lipinski definition) is 4. The van der Waals surface area contributed by atoms with E-state index in [1.54, 1.807) is 53.4 Å². The van der Waals surface area contributed by atoms with Gasteiger partial charge in [0.25, 0.3) is 5.91 Å². The minimum atomic E-state index is -0.514. The number of nitrogens with one attached hydrogen (secondary N) is 1. The quantitative estimate of drug-likeness (QED) is 0.689. The lowest BCUT2D eigenvalue weighted by Gasteiger charge is -2.38. The molecule has 0 unspecified atom stereocenters. The van der Waals surface area contributed by atoms with Crippen LogP contribution in [0.25, 0.3) is 0 Å². The molecule has 1 N–H and O–H groups in total. The van der Waals surface area contributed by atoms with Gasteiger partial charge in [-0.05, 0) is 54.1 Å². The Labute approximate surface area is 161 Å². The fourth-order valence-corrected chi connectivity index (χ4v) is 3.27. The largest absolute Gasteiger partial charge is 0.465 e. The van der Waals surface area contributed by atoms with Crippen molar-refractivity contribution in [2.24, 2.45) is 0 Å². The molecular formula is C22H17FN2O3. The van der Waals surface area contributed by atoms with E-state index in [0.29, 0.717) is 22.5 Å². The Morgan fingerprint density at radius 3 is 2.36 bits per heavy atom. The summed E-state index contributed by atoms with van der Waals surface area (Å²) in [6, 6.07) is 19.8. The van der Waals surface area contributed by atoms with E-state index in [4.69, 9.17) is 4.74 Å². The first-order chi connectivity index (χ1) is 13.6. The van der Waals surface area contributed by atoms with Crippen molar-refractivity contribution in [3.8, 4) is 0 Å². The predicted molar refractivity (Wildman–Crippen MR) is 104 cm³/mol. The van der Waals surface area contributed by atoms with Gasteiger partial charge in [0, 0.05) is 11.4 Å². The summed E-state index contributed by atoms with van der Waals surface area (Å²) >= 11 is 0. The highest BCUT2D eigenvalue weighted by atomic mass is 19.1. The Hall–Kier alpha value is -3.67. The summed E-state index contributed by atoms with van der Waals surface area (Å²) < 4.78 is 18.1. The zero-order valence-corrected chi connectivity index (χ0v) is 15.1. The van der Waals surface area contributed by atoms with Gasteiger partial charge in [0.05, 0.1) is 18.2 Å². The molecule has 1 heterocycles. The molecule has 1 amide bonds.